The van der Waals surface area contributed by atoms with Crippen molar-refractivity contribution in [2.45, 2.75) is 24.5 Å². The van der Waals surface area contributed by atoms with E-state index < -0.39 is 5.76 Å². The molecule has 2 nitrogen and oxygen atoms in total. The fourth-order valence-corrected chi connectivity index (χ4v) is 2.27. The lowest BCUT2D eigenvalue weighted by Crippen LogP contribution is -2.16. The third-order valence-electron chi connectivity index (χ3n) is 2.80. The molecule has 0 aliphatic rings. The Morgan fingerprint density at radius 2 is 1.80 bits per heavy atom. The highest BCUT2D eigenvalue weighted by Gasteiger charge is 2.07. The fourth-order valence-electron chi connectivity index (χ4n) is 1.83. The number of furan rings is 1. The first-order chi connectivity index (χ1) is 9.74. The van der Waals surface area contributed by atoms with E-state index in [4.69, 9.17) is 4.42 Å². The average Bonchev–Trinajstić information content (AvgIpc) is 2.90. The van der Waals surface area contributed by atoms with Crippen molar-refractivity contribution in [3.05, 3.63) is 59.5 Å². The Kier molecular flexibility index (Phi) is 6.08. The van der Waals surface area contributed by atoms with Gasteiger partial charge in [0.2, 0.25) is 0 Å². The van der Waals surface area contributed by atoms with Gasteiger partial charge in [-0.05, 0) is 30.7 Å². The summed E-state index contributed by atoms with van der Waals surface area (Å²) < 4.78 is 29.6. The van der Waals surface area contributed by atoms with E-state index in [1.54, 1.807) is 6.07 Å². The first kappa shape index (κ1) is 15.1. The molecule has 1 aromatic carbocycles. The van der Waals surface area contributed by atoms with Gasteiger partial charge in [0.05, 0.1) is 12.3 Å². The van der Waals surface area contributed by atoms with E-state index in [2.05, 4.69) is 17.4 Å². The predicted molar refractivity (Wildman–Crippen MR) is 77.9 cm³/mol. The maximum atomic E-state index is 12.0. The monoisotopic (exact) mass is 297 g/mol. The highest BCUT2D eigenvalue weighted by atomic mass is 32.2. The van der Waals surface area contributed by atoms with E-state index >= 15 is 0 Å². The molecular weight excluding hydrogens is 280 g/mol. The molecule has 0 unspecified atom stereocenters. The molecule has 0 saturated heterocycles. The second-order valence-corrected chi connectivity index (χ2v) is 5.33. The van der Waals surface area contributed by atoms with Crippen LogP contribution in [0.15, 0.2) is 46.9 Å². The van der Waals surface area contributed by atoms with Crippen LogP contribution in [0.4, 0.5) is 8.78 Å². The molecule has 0 saturated carbocycles. The molecule has 2 aromatic rings. The van der Waals surface area contributed by atoms with Crippen LogP contribution in [0.5, 0.6) is 0 Å². The summed E-state index contributed by atoms with van der Waals surface area (Å²) in [6.07, 6.45) is 0.954. The molecule has 0 amide bonds. The van der Waals surface area contributed by atoms with Crippen LogP contribution in [0.2, 0.25) is 0 Å². The average molecular weight is 297 g/mol. The first-order valence-electron chi connectivity index (χ1n) is 6.46. The van der Waals surface area contributed by atoms with E-state index in [1.807, 2.05) is 24.3 Å². The molecule has 0 fully saturated rings. The van der Waals surface area contributed by atoms with Gasteiger partial charge in [-0.1, -0.05) is 42.1 Å². The molecule has 108 valence electrons. The van der Waals surface area contributed by atoms with Gasteiger partial charge in [-0.15, -0.1) is 0 Å². The smallest absolute Gasteiger partial charge is 0.284 e. The standard InChI is InChI=1S/C15H17F2NOS/c16-15(17)20-11-14-7-6-13(19-14)10-18-9-8-12-4-2-1-3-5-12/h1-7,15,18H,8-11H2. The van der Waals surface area contributed by atoms with Crippen LogP contribution in [-0.4, -0.2) is 12.3 Å². The summed E-state index contributed by atoms with van der Waals surface area (Å²) in [6.45, 7) is 1.47. The molecule has 0 aliphatic heterocycles. The van der Waals surface area contributed by atoms with Crippen LogP contribution in [0.3, 0.4) is 0 Å². The Balaban J connectivity index is 1.67. The van der Waals surface area contributed by atoms with Gasteiger partial charge in [-0.2, -0.15) is 8.78 Å². The zero-order chi connectivity index (χ0) is 14.2. The van der Waals surface area contributed by atoms with E-state index in [1.165, 1.54) is 5.56 Å². The third kappa shape index (κ3) is 5.35. The summed E-state index contributed by atoms with van der Waals surface area (Å²) in [4.78, 5) is 0. The van der Waals surface area contributed by atoms with Gasteiger partial charge >= 0.3 is 0 Å². The highest BCUT2D eigenvalue weighted by Crippen LogP contribution is 2.21. The van der Waals surface area contributed by atoms with Crippen LogP contribution < -0.4 is 5.32 Å². The van der Waals surface area contributed by atoms with Crippen molar-refractivity contribution < 1.29 is 13.2 Å². The quantitative estimate of drug-likeness (QED) is 0.744. The molecule has 0 aliphatic carbocycles. The number of nitrogens with one attached hydrogen (secondary N) is 1. The highest BCUT2D eigenvalue weighted by molar-refractivity contribution is 7.98. The molecule has 0 bridgehead atoms. The van der Waals surface area contributed by atoms with Crippen molar-refractivity contribution in [1.29, 1.82) is 0 Å². The summed E-state index contributed by atoms with van der Waals surface area (Å²) in [6, 6.07) is 13.8. The number of hydrogen-bond acceptors (Lipinski definition) is 3. The van der Waals surface area contributed by atoms with E-state index in [9.17, 15) is 8.78 Å². The Bertz CT molecular complexity index is 502. The predicted octanol–water partition coefficient (Wildman–Crippen LogP) is 4.07. The lowest BCUT2D eigenvalue weighted by Gasteiger charge is -2.03. The van der Waals surface area contributed by atoms with E-state index in [0.717, 1.165) is 18.7 Å². The molecule has 20 heavy (non-hydrogen) atoms. The van der Waals surface area contributed by atoms with Crippen LogP contribution >= 0.6 is 11.8 Å². The molecular formula is C15H17F2NOS. The van der Waals surface area contributed by atoms with E-state index in [0.29, 0.717) is 24.1 Å². The number of rotatable bonds is 8. The molecule has 0 spiro atoms. The Morgan fingerprint density at radius 1 is 1.05 bits per heavy atom. The Morgan fingerprint density at radius 3 is 2.55 bits per heavy atom. The normalized spacial score (nSPS) is 11.2. The SMILES string of the molecule is FC(F)SCc1ccc(CNCCc2ccccc2)o1. The third-order valence-corrected chi connectivity index (χ3v) is 3.50. The Labute approximate surface area is 121 Å². The summed E-state index contributed by atoms with van der Waals surface area (Å²) in [5.74, 6) is -0.771. The van der Waals surface area contributed by atoms with Crippen molar-refractivity contribution in [3.63, 3.8) is 0 Å². The summed E-state index contributed by atoms with van der Waals surface area (Å²) >= 11 is 0.576. The van der Waals surface area contributed by atoms with Gasteiger partial charge in [-0.25, -0.2) is 0 Å². The van der Waals surface area contributed by atoms with Gasteiger partial charge in [0.25, 0.3) is 5.76 Å². The number of alkyl halides is 2. The first-order valence-corrected chi connectivity index (χ1v) is 7.51. The van der Waals surface area contributed by atoms with Gasteiger partial charge < -0.3 is 9.73 Å². The zero-order valence-electron chi connectivity index (χ0n) is 11.0. The second-order valence-electron chi connectivity index (χ2n) is 4.35. The number of benzene rings is 1. The van der Waals surface area contributed by atoms with Crippen LogP contribution in [0.25, 0.3) is 0 Å². The summed E-state index contributed by atoms with van der Waals surface area (Å²) in [5.41, 5.74) is 1.29. The largest absolute Gasteiger partial charge is 0.464 e. The minimum atomic E-state index is -2.35. The van der Waals surface area contributed by atoms with Gasteiger partial charge in [-0.3, -0.25) is 0 Å². The van der Waals surface area contributed by atoms with Crippen molar-refractivity contribution in [1.82, 2.24) is 5.32 Å². The maximum Gasteiger partial charge on any atom is 0.284 e. The lowest BCUT2D eigenvalue weighted by atomic mass is 10.1. The summed E-state index contributed by atoms with van der Waals surface area (Å²) in [5, 5.41) is 3.28. The molecule has 0 radical (unpaired) electrons. The maximum absolute atomic E-state index is 12.0. The molecule has 1 N–H and O–H groups in total. The molecule has 5 heteroatoms. The van der Waals surface area contributed by atoms with Crippen LogP contribution in [-0.2, 0) is 18.7 Å². The van der Waals surface area contributed by atoms with Crippen LogP contribution in [0.1, 0.15) is 17.1 Å². The van der Waals surface area contributed by atoms with Gasteiger partial charge in [0, 0.05) is 0 Å². The van der Waals surface area contributed by atoms with Crippen molar-refractivity contribution in [2.24, 2.45) is 0 Å². The number of halogens is 2. The lowest BCUT2D eigenvalue weighted by molar-refractivity contribution is 0.251. The molecule has 2 rings (SSSR count). The topological polar surface area (TPSA) is 25.2 Å². The minimum Gasteiger partial charge on any atom is -0.464 e. The molecule has 1 aromatic heterocycles. The fraction of sp³-hybridized carbons (Fsp3) is 0.333. The zero-order valence-corrected chi connectivity index (χ0v) is 11.8. The van der Waals surface area contributed by atoms with Crippen molar-refractivity contribution in [3.8, 4) is 0 Å². The molecule has 0 atom stereocenters. The second kappa shape index (κ2) is 8.07. The van der Waals surface area contributed by atoms with Crippen LogP contribution in [0, 0.1) is 0 Å². The molecule has 1 heterocycles. The Hall–Kier alpha value is -1.33. The number of thioether (sulfide) groups is 1. The van der Waals surface area contributed by atoms with E-state index in [-0.39, 0.29) is 5.75 Å². The van der Waals surface area contributed by atoms with Crippen molar-refractivity contribution >= 4 is 11.8 Å². The van der Waals surface area contributed by atoms with Gasteiger partial charge in [0.1, 0.15) is 11.5 Å². The van der Waals surface area contributed by atoms with Crippen molar-refractivity contribution in [2.75, 3.05) is 6.54 Å². The number of hydrogen-bond donors (Lipinski definition) is 1. The minimum absolute atomic E-state index is 0.210. The van der Waals surface area contributed by atoms with Gasteiger partial charge in [0.15, 0.2) is 0 Å². The summed E-state index contributed by atoms with van der Waals surface area (Å²) in [7, 11) is 0.